The number of likely N-dealkylation sites (tertiary alicyclic amines) is 1. The number of halogens is 1. The average Bonchev–Trinajstić information content (AvgIpc) is 3.33. The Morgan fingerprint density at radius 1 is 1.08 bits per heavy atom. The molecule has 2 aromatic heterocycles. The lowest BCUT2D eigenvalue weighted by Gasteiger charge is -2.12. The SMILES string of the molecule is O=C(c1cc(-c2cccnc2)n(-c2ccc(F)cc2)n1)N1CCCC1. The van der Waals surface area contributed by atoms with Gasteiger partial charge in [-0.1, -0.05) is 0 Å². The molecule has 3 aromatic rings. The maximum absolute atomic E-state index is 13.3. The van der Waals surface area contributed by atoms with Crippen molar-refractivity contribution in [1.29, 1.82) is 0 Å². The molecule has 1 aliphatic heterocycles. The number of carbonyl (C=O) groups is 1. The van der Waals surface area contributed by atoms with E-state index in [-0.39, 0.29) is 11.7 Å². The molecule has 1 aromatic carbocycles. The standard InChI is InChI=1S/C19H17FN4O/c20-15-5-7-16(8-6-15)24-18(14-4-3-9-21-13-14)12-17(22-24)19(25)23-10-1-2-11-23/h3-9,12-13H,1-2,10-11H2. The van der Waals surface area contributed by atoms with Crippen molar-refractivity contribution < 1.29 is 9.18 Å². The van der Waals surface area contributed by atoms with Crippen molar-refractivity contribution in [3.05, 3.63) is 66.4 Å². The highest BCUT2D eigenvalue weighted by atomic mass is 19.1. The largest absolute Gasteiger partial charge is 0.337 e. The summed E-state index contributed by atoms with van der Waals surface area (Å²) < 4.78 is 14.9. The van der Waals surface area contributed by atoms with E-state index in [9.17, 15) is 9.18 Å². The molecule has 0 N–H and O–H groups in total. The molecule has 25 heavy (non-hydrogen) atoms. The van der Waals surface area contributed by atoms with Crippen LogP contribution in [0, 0.1) is 5.82 Å². The van der Waals surface area contributed by atoms with Gasteiger partial charge in [-0.25, -0.2) is 9.07 Å². The predicted octanol–water partition coefficient (Wildman–Crippen LogP) is 3.31. The first-order valence-electron chi connectivity index (χ1n) is 8.28. The fourth-order valence-electron chi connectivity index (χ4n) is 3.07. The summed E-state index contributed by atoms with van der Waals surface area (Å²) in [7, 11) is 0. The second kappa shape index (κ2) is 6.47. The summed E-state index contributed by atoms with van der Waals surface area (Å²) in [6, 6.07) is 11.6. The number of rotatable bonds is 3. The molecule has 0 spiro atoms. The molecular weight excluding hydrogens is 319 g/mol. The summed E-state index contributed by atoms with van der Waals surface area (Å²) >= 11 is 0. The number of amides is 1. The fourth-order valence-corrected chi connectivity index (χ4v) is 3.07. The van der Waals surface area contributed by atoms with E-state index >= 15 is 0 Å². The topological polar surface area (TPSA) is 51.0 Å². The minimum absolute atomic E-state index is 0.0662. The van der Waals surface area contributed by atoms with E-state index in [0.29, 0.717) is 11.4 Å². The van der Waals surface area contributed by atoms with Crippen molar-refractivity contribution in [2.75, 3.05) is 13.1 Å². The van der Waals surface area contributed by atoms with Crippen molar-refractivity contribution >= 4 is 5.91 Å². The Labute approximate surface area is 144 Å². The predicted molar refractivity (Wildman–Crippen MR) is 91.9 cm³/mol. The highest BCUT2D eigenvalue weighted by Crippen LogP contribution is 2.25. The van der Waals surface area contributed by atoms with Crippen LogP contribution in [-0.4, -0.2) is 38.7 Å². The van der Waals surface area contributed by atoms with E-state index in [1.807, 2.05) is 17.0 Å². The van der Waals surface area contributed by atoms with E-state index in [4.69, 9.17) is 0 Å². The van der Waals surface area contributed by atoms with Crippen LogP contribution in [0.4, 0.5) is 4.39 Å². The Morgan fingerprint density at radius 2 is 1.84 bits per heavy atom. The molecule has 4 rings (SSSR count). The van der Waals surface area contributed by atoms with Gasteiger partial charge in [-0.3, -0.25) is 9.78 Å². The zero-order valence-corrected chi connectivity index (χ0v) is 13.6. The third kappa shape index (κ3) is 3.03. The third-order valence-corrected chi connectivity index (χ3v) is 4.35. The highest BCUT2D eigenvalue weighted by molar-refractivity contribution is 5.93. The third-order valence-electron chi connectivity index (χ3n) is 4.35. The highest BCUT2D eigenvalue weighted by Gasteiger charge is 2.24. The molecule has 0 saturated carbocycles. The molecule has 126 valence electrons. The Morgan fingerprint density at radius 3 is 2.52 bits per heavy atom. The first kappa shape index (κ1) is 15.5. The van der Waals surface area contributed by atoms with Crippen LogP contribution in [0.25, 0.3) is 16.9 Å². The quantitative estimate of drug-likeness (QED) is 0.737. The Kier molecular flexibility index (Phi) is 4.01. The number of hydrogen-bond acceptors (Lipinski definition) is 3. The van der Waals surface area contributed by atoms with Crippen LogP contribution in [0.2, 0.25) is 0 Å². The van der Waals surface area contributed by atoms with Crippen LogP contribution in [-0.2, 0) is 0 Å². The number of benzene rings is 1. The van der Waals surface area contributed by atoms with Crippen LogP contribution in [0.1, 0.15) is 23.3 Å². The van der Waals surface area contributed by atoms with Gasteiger partial charge in [0.15, 0.2) is 5.69 Å². The van der Waals surface area contributed by atoms with Gasteiger partial charge in [-0.15, -0.1) is 0 Å². The molecule has 6 heteroatoms. The molecule has 0 atom stereocenters. The first-order chi connectivity index (χ1) is 12.2. The molecule has 1 saturated heterocycles. The number of nitrogens with zero attached hydrogens (tertiary/aromatic N) is 4. The normalized spacial score (nSPS) is 14.0. The summed E-state index contributed by atoms with van der Waals surface area (Å²) in [5.41, 5.74) is 2.69. The molecule has 1 aliphatic rings. The molecule has 0 unspecified atom stereocenters. The molecule has 0 radical (unpaired) electrons. The molecule has 0 bridgehead atoms. The smallest absolute Gasteiger partial charge is 0.274 e. The van der Waals surface area contributed by atoms with Gasteiger partial charge in [-0.2, -0.15) is 5.10 Å². The maximum Gasteiger partial charge on any atom is 0.274 e. The van der Waals surface area contributed by atoms with Crippen LogP contribution < -0.4 is 0 Å². The van der Waals surface area contributed by atoms with Crippen LogP contribution >= 0.6 is 0 Å². The summed E-state index contributed by atoms with van der Waals surface area (Å²) in [6.07, 6.45) is 5.47. The van der Waals surface area contributed by atoms with Crippen molar-refractivity contribution in [2.45, 2.75) is 12.8 Å². The van der Waals surface area contributed by atoms with Gasteiger partial charge in [0.25, 0.3) is 5.91 Å². The van der Waals surface area contributed by atoms with E-state index in [1.165, 1.54) is 12.1 Å². The lowest BCUT2D eigenvalue weighted by atomic mass is 10.2. The second-order valence-electron chi connectivity index (χ2n) is 6.04. The summed E-state index contributed by atoms with van der Waals surface area (Å²) in [5.74, 6) is -0.379. The zero-order chi connectivity index (χ0) is 17.2. The van der Waals surface area contributed by atoms with Gasteiger partial charge >= 0.3 is 0 Å². The summed E-state index contributed by atoms with van der Waals surface area (Å²) in [6.45, 7) is 1.54. The Balaban J connectivity index is 1.80. The van der Waals surface area contributed by atoms with Crippen molar-refractivity contribution in [2.24, 2.45) is 0 Å². The van der Waals surface area contributed by atoms with Crippen molar-refractivity contribution in [1.82, 2.24) is 19.7 Å². The first-order valence-corrected chi connectivity index (χ1v) is 8.28. The number of hydrogen-bond donors (Lipinski definition) is 0. The molecule has 0 aliphatic carbocycles. The van der Waals surface area contributed by atoms with Gasteiger partial charge in [0.2, 0.25) is 0 Å². The van der Waals surface area contributed by atoms with Gasteiger partial charge in [0.05, 0.1) is 11.4 Å². The average molecular weight is 336 g/mol. The zero-order valence-electron chi connectivity index (χ0n) is 13.6. The van der Waals surface area contributed by atoms with E-state index in [2.05, 4.69) is 10.1 Å². The lowest BCUT2D eigenvalue weighted by Crippen LogP contribution is -2.28. The molecule has 1 fully saturated rings. The van der Waals surface area contributed by atoms with Gasteiger partial charge in [0.1, 0.15) is 5.82 Å². The van der Waals surface area contributed by atoms with E-state index in [1.54, 1.807) is 35.3 Å². The van der Waals surface area contributed by atoms with Gasteiger partial charge in [0, 0.05) is 31.0 Å². The molecular formula is C19H17FN4O. The van der Waals surface area contributed by atoms with Crippen molar-refractivity contribution in [3.63, 3.8) is 0 Å². The van der Waals surface area contributed by atoms with Gasteiger partial charge in [-0.05, 0) is 55.3 Å². The molecule has 5 nitrogen and oxygen atoms in total. The Bertz CT molecular complexity index is 884. The van der Waals surface area contributed by atoms with E-state index in [0.717, 1.165) is 37.2 Å². The van der Waals surface area contributed by atoms with Gasteiger partial charge < -0.3 is 4.90 Å². The summed E-state index contributed by atoms with van der Waals surface area (Å²) in [5, 5.41) is 4.51. The van der Waals surface area contributed by atoms with Crippen LogP contribution in [0.15, 0.2) is 54.9 Å². The van der Waals surface area contributed by atoms with Crippen molar-refractivity contribution in [3.8, 4) is 16.9 Å². The minimum Gasteiger partial charge on any atom is -0.337 e. The lowest BCUT2D eigenvalue weighted by molar-refractivity contribution is 0.0786. The Hall–Kier alpha value is -3.02. The minimum atomic E-state index is -0.313. The molecule has 3 heterocycles. The van der Waals surface area contributed by atoms with E-state index < -0.39 is 0 Å². The number of carbonyl (C=O) groups excluding carboxylic acids is 1. The molecule has 1 amide bonds. The summed E-state index contributed by atoms with van der Waals surface area (Å²) in [4.78, 5) is 18.7. The van der Waals surface area contributed by atoms with Crippen LogP contribution in [0.5, 0.6) is 0 Å². The fraction of sp³-hybridized carbons (Fsp3) is 0.211. The van der Waals surface area contributed by atoms with Crippen LogP contribution in [0.3, 0.4) is 0 Å². The number of pyridine rings is 1. The maximum atomic E-state index is 13.3. The second-order valence-corrected chi connectivity index (χ2v) is 6.04. The monoisotopic (exact) mass is 336 g/mol. The number of aromatic nitrogens is 3.